The predicted octanol–water partition coefficient (Wildman–Crippen LogP) is 6.59. The molecule has 10 nitrogen and oxygen atoms in total. The Morgan fingerprint density at radius 2 is 1.35 bits per heavy atom. The van der Waals surface area contributed by atoms with E-state index < -0.39 is 17.4 Å². The third-order valence-corrected chi connectivity index (χ3v) is 8.92. The minimum absolute atomic E-state index is 0.0343. The lowest BCUT2D eigenvalue weighted by molar-refractivity contribution is -0.0737. The lowest BCUT2D eigenvalue weighted by atomic mass is 9.80. The maximum Gasteiger partial charge on any atom is 0.349 e. The van der Waals surface area contributed by atoms with Crippen LogP contribution in [0.15, 0.2) is 120 Å². The zero-order valence-electron chi connectivity index (χ0n) is 30.4. The van der Waals surface area contributed by atoms with E-state index in [4.69, 9.17) is 18.9 Å². The number of carbonyl (C=O) groups is 1. The molecule has 1 amide bonds. The van der Waals surface area contributed by atoms with E-state index in [9.17, 15) is 14.7 Å². The van der Waals surface area contributed by atoms with Crippen LogP contribution in [0.3, 0.4) is 0 Å². The SMILES string of the molecule is COc1ccc(C(OC[C@H](CCn2ccc(NC(=O)c3ccc(C(C)(C)C)cc3)nc2=O)OCCO)(c2ccccc2)c2ccc(OC)cc2)cc1. The third-order valence-electron chi connectivity index (χ3n) is 8.92. The van der Waals surface area contributed by atoms with Crippen molar-refractivity contribution < 1.29 is 28.8 Å². The fourth-order valence-corrected chi connectivity index (χ4v) is 5.99. The van der Waals surface area contributed by atoms with Gasteiger partial charge in [-0.25, -0.2) is 4.79 Å². The largest absolute Gasteiger partial charge is 0.497 e. The van der Waals surface area contributed by atoms with Gasteiger partial charge in [-0.1, -0.05) is 87.5 Å². The van der Waals surface area contributed by atoms with Gasteiger partial charge in [-0.3, -0.25) is 9.36 Å². The van der Waals surface area contributed by atoms with Crippen molar-refractivity contribution in [3.63, 3.8) is 0 Å². The van der Waals surface area contributed by atoms with E-state index in [1.165, 1.54) is 4.57 Å². The van der Waals surface area contributed by atoms with Crippen LogP contribution < -0.4 is 20.5 Å². The van der Waals surface area contributed by atoms with E-state index in [2.05, 4.69) is 31.1 Å². The van der Waals surface area contributed by atoms with Gasteiger partial charge in [0.25, 0.3) is 5.91 Å². The number of hydrogen-bond donors (Lipinski definition) is 2. The smallest absolute Gasteiger partial charge is 0.349 e. The molecule has 0 spiro atoms. The summed E-state index contributed by atoms with van der Waals surface area (Å²) in [6, 6.07) is 34.4. The van der Waals surface area contributed by atoms with Crippen molar-refractivity contribution in [1.82, 2.24) is 9.55 Å². The average Bonchev–Trinajstić information content (AvgIpc) is 3.17. The van der Waals surface area contributed by atoms with Crippen LogP contribution in [-0.4, -0.2) is 60.7 Å². The van der Waals surface area contributed by atoms with Gasteiger partial charge in [-0.05, 0) is 76.6 Å². The lowest BCUT2D eigenvalue weighted by Crippen LogP contribution is -2.37. The molecular weight excluding hydrogens is 658 g/mol. The molecule has 0 aliphatic carbocycles. The number of carbonyl (C=O) groups excluding carboxylic acids is 1. The molecule has 1 aromatic heterocycles. The number of aliphatic hydroxyl groups excluding tert-OH is 1. The standard InChI is InChI=1S/C42H47N3O7/c1-41(2,3)31-13-11-30(12-14-31)39(47)43-38-24-26-45(40(48)44-38)25-23-37(51-28-27-46)29-52-42(32-9-7-6-8-10-32,33-15-19-35(49-4)20-16-33)34-17-21-36(50-5)22-18-34/h6-22,24,26,37,46H,23,25,27-29H2,1-5H3,(H,43,44,47,48)/t37-/m0/s1. The Bertz CT molecular complexity index is 1890. The normalized spacial score (nSPS) is 12.3. The van der Waals surface area contributed by atoms with E-state index in [1.54, 1.807) is 38.6 Å². The molecule has 272 valence electrons. The first-order chi connectivity index (χ1) is 25.1. The summed E-state index contributed by atoms with van der Waals surface area (Å²) in [5.74, 6) is 1.23. The number of nitrogens with zero attached hydrogens (tertiary/aromatic N) is 2. The summed E-state index contributed by atoms with van der Waals surface area (Å²) in [6.45, 7) is 6.63. The topological polar surface area (TPSA) is 121 Å². The van der Waals surface area contributed by atoms with Gasteiger partial charge in [0.05, 0.1) is 40.1 Å². The van der Waals surface area contributed by atoms with Crippen LogP contribution in [-0.2, 0) is 27.0 Å². The Labute approximate surface area is 305 Å². The number of anilines is 1. The van der Waals surface area contributed by atoms with Gasteiger partial charge in [0.1, 0.15) is 22.9 Å². The molecule has 4 aromatic carbocycles. The quantitative estimate of drug-likeness (QED) is 0.110. The fourth-order valence-electron chi connectivity index (χ4n) is 5.99. The van der Waals surface area contributed by atoms with Crippen molar-refractivity contribution in [2.45, 2.75) is 50.9 Å². The van der Waals surface area contributed by atoms with E-state index in [-0.39, 0.29) is 43.5 Å². The lowest BCUT2D eigenvalue weighted by Gasteiger charge is -2.37. The van der Waals surface area contributed by atoms with E-state index in [0.29, 0.717) is 23.5 Å². The van der Waals surface area contributed by atoms with Crippen molar-refractivity contribution in [2.75, 3.05) is 39.4 Å². The molecule has 1 heterocycles. The molecule has 0 radical (unpaired) electrons. The molecule has 0 aliphatic rings. The second-order valence-electron chi connectivity index (χ2n) is 13.4. The Balaban J connectivity index is 1.37. The zero-order valence-corrected chi connectivity index (χ0v) is 30.4. The van der Waals surface area contributed by atoms with Crippen LogP contribution in [0.4, 0.5) is 5.82 Å². The number of amides is 1. The van der Waals surface area contributed by atoms with E-state index in [0.717, 1.165) is 22.3 Å². The van der Waals surface area contributed by atoms with Crippen LogP contribution in [0.2, 0.25) is 0 Å². The highest BCUT2D eigenvalue weighted by atomic mass is 16.5. The molecule has 5 rings (SSSR count). The molecule has 5 aromatic rings. The van der Waals surface area contributed by atoms with Gasteiger partial charge in [-0.2, -0.15) is 4.98 Å². The summed E-state index contributed by atoms with van der Waals surface area (Å²) in [7, 11) is 3.25. The molecule has 0 fully saturated rings. The fraction of sp³-hybridized carbons (Fsp3) is 0.310. The molecule has 2 N–H and O–H groups in total. The van der Waals surface area contributed by atoms with Gasteiger partial charge in [0, 0.05) is 18.3 Å². The summed E-state index contributed by atoms with van der Waals surface area (Å²) in [5, 5.41) is 12.4. The van der Waals surface area contributed by atoms with Gasteiger partial charge in [0.2, 0.25) is 0 Å². The van der Waals surface area contributed by atoms with Gasteiger partial charge in [-0.15, -0.1) is 0 Å². The number of benzene rings is 4. The zero-order chi connectivity index (χ0) is 37.1. The van der Waals surface area contributed by atoms with E-state index in [1.807, 2.05) is 91.0 Å². The monoisotopic (exact) mass is 705 g/mol. The van der Waals surface area contributed by atoms with Gasteiger partial charge in [0.15, 0.2) is 0 Å². The molecule has 52 heavy (non-hydrogen) atoms. The highest BCUT2D eigenvalue weighted by Gasteiger charge is 2.38. The minimum Gasteiger partial charge on any atom is -0.497 e. The molecule has 0 bridgehead atoms. The van der Waals surface area contributed by atoms with Crippen LogP contribution in [0, 0.1) is 0 Å². The highest BCUT2D eigenvalue weighted by molar-refractivity contribution is 6.03. The molecule has 0 unspecified atom stereocenters. The second kappa shape index (κ2) is 17.3. The van der Waals surface area contributed by atoms with Crippen molar-refractivity contribution in [2.24, 2.45) is 0 Å². The van der Waals surface area contributed by atoms with Crippen molar-refractivity contribution in [3.05, 3.63) is 154 Å². The molecule has 1 atom stereocenters. The van der Waals surface area contributed by atoms with Crippen LogP contribution in [0.5, 0.6) is 11.5 Å². The van der Waals surface area contributed by atoms with Crippen LogP contribution >= 0.6 is 0 Å². The third kappa shape index (κ3) is 9.13. The van der Waals surface area contributed by atoms with Gasteiger partial charge < -0.3 is 29.4 Å². The van der Waals surface area contributed by atoms with Gasteiger partial charge >= 0.3 is 5.69 Å². The minimum atomic E-state index is -1.06. The maximum absolute atomic E-state index is 13.1. The van der Waals surface area contributed by atoms with Crippen LogP contribution in [0.1, 0.15) is 59.8 Å². The predicted molar refractivity (Wildman–Crippen MR) is 201 cm³/mol. The maximum atomic E-state index is 13.1. The number of nitrogens with one attached hydrogen (secondary N) is 1. The number of aromatic nitrogens is 2. The number of methoxy groups -OCH3 is 2. The summed E-state index contributed by atoms with van der Waals surface area (Å²) in [5.41, 5.74) is 2.61. The Morgan fingerprint density at radius 1 is 0.788 bits per heavy atom. The van der Waals surface area contributed by atoms with Crippen molar-refractivity contribution in [1.29, 1.82) is 0 Å². The first kappa shape index (κ1) is 38.0. The first-order valence-corrected chi connectivity index (χ1v) is 17.3. The average molecular weight is 706 g/mol. The summed E-state index contributed by atoms with van der Waals surface area (Å²) >= 11 is 0. The number of ether oxygens (including phenoxy) is 4. The Hall–Kier alpha value is -5.29. The second-order valence-corrected chi connectivity index (χ2v) is 13.4. The first-order valence-electron chi connectivity index (χ1n) is 17.3. The Kier molecular flexibility index (Phi) is 12.6. The highest BCUT2D eigenvalue weighted by Crippen LogP contribution is 2.42. The molecule has 10 heteroatoms. The molecule has 0 saturated carbocycles. The number of aryl methyl sites for hydroxylation is 1. The Morgan fingerprint density at radius 3 is 1.87 bits per heavy atom. The van der Waals surface area contributed by atoms with E-state index >= 15 is 0 Å². The summed E-state index contributed by atoms with van der Waals surface area (Å²) in [6.07, 6.45) is 1.47. The van der Waals surface area contributed by atoms with Crippen LogP contribution in [0.25, 0.3) is 0 Å². The number of hydrogen-bond acceptors (Lipinski definition) is 8. The van der Waals surface area contributed by atoms with Crippen molar-refractivity contribution >= 4 is 11.7 Å². The number of rotatable bonds is 16. The number of aliphatic hydroxyl groups is 1. The molecule has 0 saturated heterocycles. The van der Waals surface area contributed by atoms with Crippen molar-refractivity contribution in [3.8, 4) is 11.5 Å². The summed E-state index contributed by atoms with van der Waals surface area (Å²) in [4.78, 5) is 30.1. The molecular formula is C42H47N3O7. The summed E-state index contributed by atoms with van der Waals surface area (Å²) < 4.78 is 25.5. The molecule has 0 aliphatic heterocycles.